The highest BCUT2D eigenvalue weighted by Gasteiger charge is 2.14. The van der Waals surface area contributed by atoms with E-state index in [1.54, 1.807) is 23.9 Å². The maximum atomic E-state index is 9.29. The van der Waals surface area contributed by atoms with E-state index in [0.717, 1.165) is 23.7 Å². The predicted molar refractivity (Wildman–Crippen MR) is 62.4 cm³/mol. The largest absolute Gasteiger partial charge is 0.508 e. The zero-order valence-electron chi connectivity index (χ0n) is 8.69. The topological polar surface area (TPSA) is 29.5 Å². The molecule has 1 aromatic carbocycles. The van der Waals surface area contributed by atoms with Crippen LogP contribution in [0, 0.1) is 0 Å². The van der Waals surface area contributed by atoms with Gasteiger partial charge in [0, 0.05) is 17.3 Å². The zero-order valence-corrected chi connectivity index (χ0v) is 9.50. The molecule has 0 amide bonds. The molecule has 1 heterocycles. The van der Waals surface area contributed by atoms with Crippen molar-refractivity contribution < 1.29 is 9.84 Å². The van der Waals surface area contributed by atoms with Gasteiger partial charge in [0.1, 0.15) is 5.75 Å². The summed E-state index contributed by atoms with van der Waals surface area (Å²) in [5.74, 6) is 1.41. The number of hydrogen-bond donors (Lipinski definition) is 1. The second-order valence-corrected chi connectivity index (χ2v) is 4.94. The summed E-state index contributed by atoms with van der Waals surface area (Å²) in [5, 5.41) is 9.29. The van der Waals surface area contributed by atoms with Gasteiger partial charge in [-0.15, -0.1) is 11.8 Å². The highest BCUT2D eigenvalue weighted by atomic mass is 32.2. The van der Waals surface area contributed by atoms with E-state index in [4.69, 9.17) is 4.74 Å². The average molecular weight is 224 g/mol. The molecule has 0 aliphatic carbocycles. The molecule has 2 rings (SSSR count). The lowest BCUT2D eigenvalue weighted by Crippen LogP contribution is -2.05. The Bertz CT molecular complexity index is 308. The van der Waals surface area contributed by atoms with Gasteiger partial charge in [-0.3, -0.25) is 0 Å². The molecular weight excluding hydrogens is 208 g/mol. The maximum Gasteiger partial charge on any atom is 0.116 e. The molecule has 1 saturated heterocycles. The third-order valence-corrected chi connectivity index (χ3v) is 3.58. The molecule has 1 fully saturated rings. The van der Waals surface area contributed by atoms with Gasteiger partial charge in [0.15, 0.2) is 0 Å². The van der Waals surface area contributed by atoms with Crippen molar-refractivity contribution in [2.45, 2.75) is 30.3 Å². The van der Waals surface area contributed by atoms with Crippen molar-refractivity contribution in [3.8, 4) is 5.75 Å². The van der Waals surface area contributed by atoms with Crippen LogP contribution in [0.25, 0.3) is 0 Å². The first kappa shape index (κ1) is 10.8. The second kappa shape index (κ2) is 5.42. The van der Waals surface area contributed by atoms with E-state index in [0.29, 0.717) is 11.9 Å². The van der Waals surface area contributed by atoms with Crippen molar-refractivity contribution in [3.63, 3.8) is 0 Å². The molecule has 0 radical (unpaired) electrons. The summed E-state index contributed by atoms with van der Waals surface area (Å²) in [5.41, 5.74) is 0. The van der Waals surface area contributed by atoms with Crippen LogP contribution in [-0.2, 0) is 4.74 Å². The van der Waals surface area contributed by atoms with Gasteiger partial charge in [0.2, 0.25) is 0 Å². The van der Waals surface area contributed by atoms with Crippen LogP contribution < -0.4 is 0 Å². The SMILES string of the molecule is Oc1cccc(SCCC2CCCO2)c1. The summed E-state index contributed by atoms with van der Waals surface area (Å²) < 4.78 is 5.55. The van der Waals surface area contributed by atoms with Gasteiger partial charge < -0.3 is 9.84 Å². The highest BCUT2D eigenvalue weighted by molar-refractivity contribution is 7.99. The number of phenolic OH excluding ortho intramolecular Hbond substituents is 1. The first-order valence-electron chi connectivity index (χ1n) is 5.38. The lowest BCUT2D eigenvalue weighted by Gasteiger charge is -2.08. The summed E-state index contributed by atoms with van der Waals surface area (Å²) in [6.45, 7) is 0.932. The van der Waals surface area contributed by atoms with E-state index < -0.39 is 0 Å². The van der Waals surface area contributed by atoms with E-state index in [9.17, 15) is 5.11 Å². The lowest BCUT2D eigenvalue weighted by atomic mass is 10.2. The van der Waals surface area contributed by atoms with Gasteiger partial charge in [-0.1, -0.05) is 6.07 Å². The summed E-state index contributed by atoms with van der Waals surface area (Å²) in [7, 11) is 0. The smallest absolute Gasteiger partial charge is 0.116 e. The maximum absolute atomic E-state index is 9.29. The monoisotopic (exact) mass is 224 g/mol. The Kier molecular flexibility index (Phi) is 3.92. The van der Waals surface area contributed by atoms with E-state index in [1.165, 1.54) is 12.8 Å². The van der Waals surface area contributed by atoms with Crippen LogP contribution in [0.5, 0.6) is 5.75 Å². The Morgan fingerprint density at radius 3 is 3.13 bits per heavy atom. The lowest BCUT2D eigenvalue weighted by molar-refractivity contribution is 0.109. The molecule has 1 N–H and O–H groups in total. The number of aromatic hydroxyl groups is 1. The minimum absolute atomic E-state index is 0.345. The second-order valence-electron chi connectivity index (χ2n) is 3.77. The average Bonchev–Trinajstić information content (AvgIpc) is 2.71. The quantitative estimate of drug-likeness (QED) is 0.797. The molecule has 1 aliphatic heterocycles. The Hall–Kier alpha value is -0.670. The van der Waals surface area contributed by atoms with Crippen LogP contribution in [0.1, 0.15) is 19.3 Å². The number of ether oxygens (including phenoxy) is 1. The van der Waals surface area contributed by atoms with E-state index in [-0.39, 0.29) is 0 Å². The molecule has 0 saturated carbocycles. The van der Waals surface area contributed by atoms with Gasteiger partial charge in [0.25, 0.3) is 0 Å². The van der Waals surface area contributed by atoms with Crippen LogP contribution >= 0.6 is 11.8 Å². The summed E-state index contributed by atoms with van der Waals surface area (Å²) in [6.07, 6.45) is 4.00. The van der Waals surface area contributed by atoms with Crippen LogP contribution in [-0.4, -0.2) is 23.6 Å². The number of hydrogen-bond acceptors (Lipinski definition) is 3. The molecule has 0 spiro atoms. The molecule has 2 nitrogen and oxygen atoms in total. The molecular formula is C12H16O2S. The van der Waals surface area contributed by atoms with Crippen molar-refractivity contribution >= 4 is 11.8 Å². The molecule has 15 heavy (non-hydrogen) atoms. The molecule has 3 heteroatoms. The zero-order chi connectivity index (χ0) is 10.5. The van der Waals surface area contributed by atoms with Crippen molar-refractivity contribution in [1.29, 1.82) is 0 Å². The molecule has 0 aromatic heterocycles. The third-order valence-electron chi connectivity index (χ3n) is 2.55. The number of rotatable bonds is 4. The molecule has 1 unspecified atom stereocenters. The minimum Gasteiger partial charge on any atom is -0.508 e. The minimum atomic E-state index is 0.345. The Morgan fingerprint density at radius 1 is 1.47 bits per heavy atom. The predicted octanol–water partition coefficient (Wildman–Crippen LogP) is 3.05. The Labute approximate surface area is 94.6 Å². The highest BCUT2D eigenvalue weighted by Crippen LogP contribution is 2.25. The molecule has 1 aliphatic rings. The van der Waals surface area contributed by atoms with Gasteiger partial charge >= 0.3 is 0 Å². The fourth-order valence-electron chi connectivity index (χ4n) is 1.75. The van der Waals surface area contributed by atoms with Crippen LogP contribution in [0.15, 0.2) is 29.2 Å². The van der Waals surface area contributed by atoms with Crippen LogP contribution in [0.4, 0.5) is 0 Å². The van der Waals surface area contributed by atoms with E-state index in [1.807, 2.05) is 12.1 Å². The first-order chi connectivity index (χ1) is 7.34. The first-order valence-corrected chi connectivity index (χ1v) is 6.36. The Balaban J connectivity index is 1.73. The van der Waals surface area contributed by atoms with Crippen LogP contribution in [0.3, 0.4) is 0 Å². The van der Waals surface area contributed by atoms with Gasteiger partial charge in [-0.2, -0.15) is 0 Å². The number of phenols is 1. The number of thioether (sulfide) groups is 1. The summed E-state index contributed by atoms with van der Waals surface area (Å²) >= 11 is 1.78. The van der Waals surface area contributed by atoms with E-state index in [2.05, 4.69) is 0 Å². The summed E-state index contributed by atoms with van der Waals surface area (Å²) in [6, 6.07) is 7.41. The van der Waals surface area contributed by atoms with Gasteiger partial charge in [0.05, 0.1) is 6.10 Å². The molecule has 1 aromatic rings. The molecule has 1 atom stereocenters. The molecule has 0 bridgehead atoms. The van der Waals surface area contributed by atoms with Crippen molar-refractivity contribution in [1.82, 2.24) is 0 Å². The third kappa shape index (κ3) is 3.43. The van der Waals surface area contributed by atoms with Crippen molar-refractivity contribution in [3.05, 3.63) is 24.3 Å². The fourth-order valence-corrected chi connectivity index (χ4v) is 2.75. The van der Waals surface area contributed by atoms with E-state index >= 15 is 0 Å². The molecule has 82 valence electrons. The van der Waals surface area contributed by atoms with Crippen molar-refractivity contribution in [2.24, 2.45) is 0 Å². The Morgan fingerprint density at radius 2 is 2.40 bits per heavy atom. The van der Waals surface area contributed by atoms with Crippen LogP contribution in [0.2, 0.25) is 0 Å². The fraction of sp³-hybridized carbons (Fsp3) is 0.500. The number of benzene rings is 1. The normalized spacial score (nSPS) is 20.7. The van der Waals surface area contributed by atoms with Gasteiger partial charge in [-0.25, -0.2) is 0 Å². The van der Waals surface area contributed by atoms with Crippen molar-refractivity contribution in [2.75, 3.05) is 12.4 Å². The van der Waals surface area contributed by atoms with Gasteiger partial charge in [-0.05, 0) is 37.5 Å². The standard InChI is InChI=1S/C12H16O2S/c13-10-3-1-5-12(9-10)15-8-6-11-4-2-7-14-11/h1,3,5,9,11,13H,2,4,6-8H2. The summed E-state index contributed by atoms with van der Waals surface area (Å²) in [4.78, 5) is 1.13.